The van der Waals surface area contributed by atoms with Gasteiger partial charge in [0.2, 0.25) is 0 Å². The predicted molar refractivity (Wildman–Crippen MR) is 63.5 cm³/mol. The average molecular weight is 217 g/mol. The lowest BCUT2D eigenvalue weighted by Gasteiger charge is -2.18. The van der Waals surface area contributed by atoms with E-state index in [1.807, 2.05) is 18.7 Å². The van der Waals surface area contributed by atoms with E-state index in [9.17, 15) is 5.11 Å². The standard InChI is InChI=1S/C11H23NOS/c1-8(13)9(2)14-7-6-10-4-3-5-11(10)12/h8-11,13H,3-7,12H2,1-2H3. The number of hydrogen-bond acceptors (Lipinski definition) is 3. The van der Waals surface area contributed by atoms with E-state index in [4.69, 9.17) is 5.73 Å². The molecule has 0 spiro atoms. The number of aliphatic hydroxyl groups excluding tert-OH is 1. The summed E-state index contributed by atoms with van der Waals surface area (Å²) in [5.41, 5.74) is 6.00. The van der Waals surface area contributed by atoms with Gasteiger partial charge in [0, 0.05) is 11.3 Å². The van der Waals surface area contributed by atoms with Crippen molar-refractivity contribution in [1.82, 2.24) is 0 Å². The maximum absolute atomic E-state index is 9.32. The van der Waals surface area contributed by atoms with Crippen LogP contribution in [0.5, 0.6) is 0 Å². The third kappa shape index (κ3) is 3.79. The number of thioether (sulfide) groups is 1. The molecule has 0 aromatic carbocycles. The van der Waals surface area contributed by atoms with Gasteiger partial charge in [-0.2, -0.15) is 11.8 Å². The molecular weight excluding hydrogens is 194 g/mol. The van der Waals surface area contributed by atoms with Crippen molar-refractivity contribution in [3.8, 4) is 0 Å². The van der Waals surface area contributed by atoms with Crippen molar-refractivity contribution in [3.63, 3.8) is 0 Å². The highest BCUT2D eigenvalue weighted by Gasteiger charge is 2.23. The van der Waals surface area contributed by atoms with Crippen LogP contribution in [0.25, 0.3) is 0 Å². The Balaban J connectivity index is 2.09. The average Bonchev–Trinajstić information content (AvgIpc) is 2.51. The fourth-order valence-corrected chi connectivity index (χ4v) is 3.06. The molecule has 0 aliphatic heterocycles. The molecule has 0 aromatic rings. The molecule has 4 atom stereocenters. The highest BCUT2D eigenvalue weighted by Crippen LogP contribution is 2.29. The van der Waals surface area contributed by atoms with Gasteiger partial charge in [0.25, 0.3) is 0 Å². The zero-order valence-corrected chi connectivity index (χ0v) is 10.1. The number of nitrogens with two attached hydrogens (primary N) is 1. The number of aliphatic hydroxyl groups is 1. The molecule has 4 unspecified atom stereocenters. The maximum Gasteiger partial charge on any atom is 0.0627 e. The van der Waals surface area contributed by atoms with E-state index < -0.39 is 0 Å². The van der Waals surface area contributed by atoms with Crippen LogP contribution in [0.4, 0.5) is 0 Å². The zero-order valence-electron chi connectivity index (χ0n) is 9.28. The van der Waals surface area contributed by atoms with E-state index >= 15 is 0 Å². The van der Waals surface area contributed by atoms with Crippen LogP contribution in [0, 0.1) is 5.92 Å². The molecule has 1 saturated carbocycles. The summed E-state index contributed by atoms with van der Waals surface area (Å²) in [6.07, 6.45) is 4.86. The molecule has 3 heteroatoms. The highest BCUT2D eigenvalue weighted by atomic mass is 32.2. The minimum atomic E-state index is -0.197. The molecule has 0 amide bonds. The first-order chi connectivity index (χ1) is 6.61. The molecule has 0 bridgehead atoms. The van der Waals surface area contributed by atoms with Gasteiger partial charge in [0.05, 0.1) is 6.10 Å². The normalized spacial score (nSPS) is 31.7. The maximum atomic E-state index is 9.32. The lowest BCUT2D eigenvalue weighted by molar-refractivity contribution is 0.196. The van der Waals surface area contributed by atoms with Crippen molar-refractivity contribution in [2.45, 2.75) is 56.9 Å². The van der Waals surface area contributed by atoms with Crippen molar-refractivity contribution in [1.29, 1.82) is 0 Å². The van der Waals surface area contributed by atoms with Crippen molar-refractivity contribution >= 4 is 11.8 Å². The Morgan fingerprint density at radius 2 is 2.14 bits per heavy atom. The second kappa shape index (κ2) is 5.99. The summed E-state index contributed by atoms with van der Waals surface area (Å²) < 4.78 is 0. The van der Waals surface area contributed by atoms with Crippen molar-refractivity contribution in [3.05, 3.63) is 0 Å². The van der Waals surface area contributed by atoms with E-state index in [2.05, 4.69) is 6.92 Å². The first-order valence-corrected chi connectivity index (χ1v) is 6.71. The van der Waals surface area contributed by atoms with Gasteiger partial charge in [-0.25, -0.2) is 0 Å². The molecule has 1 aliphatic carbocycles. The van der Waals surface area contributed by atoms with Crippen LogP contribution in [0.1, 0.15) is 39.5 Å². The SMILES string of the molecule is CC(O)C(C)SCCC1CCCC1N. The summed E-state index contributed by atoms with van der Waals surface area (Å²) in [5.74, 6) is 1.88. The third-order valence-corrected chi connectivity index (χ3v) is 4.66. The zero-order chi connectivity index (χ0) is 10.6. The lowest BCUT2D eigenvalue weighted by Crippen LogP contribution is -2.25. The molecule has 1 rings (SSSR count). The molecule has 0 heterocycles. The van der Waals surface area contributed by atoms with Gasteiger partial charge in [-0.05, 0) is 37.9 Å². The summed E-state index contributed by atoms with van der Waals surface area (Å²) in [7, 11) is 0. The third-order valence-electron chi connectivity index (χ3n) is 3.27. The second-order valence-electron chi connectivity index (χ2n) is 4.46. The highest BCUT2D eigenvalue weighted by molar-refractivity contribution is 7.99. The van der Waals surface area contributed by atoms with E-state index in [1.54, 1.807) is 0 Å². The molecule has 2 nitrogen and oxygen atoms in total. The lowest BCUT2D eigenvalue weighted by atomic mass is 10.0. The molecule has 14 heavy (non-hydrogen) atoms. The molecule has 3 N–H and O–H groups in total. The predicted octanol–water partition coefficient (Wildman–Crippen LogP) is 2.01. The molecule has 0 saturated heterocycles. The largest absolute Gasteiger partial charge is 0.392 e. The van der Waals surface area contributed by atoms with Crippen LogP contribution in [0.2, 0.25) is 0 Å². The first-order valence-electron chi connectivity index (χ1n) is 5.66. The van der Waals surface area contributed by atoms with E-state index in [1.165, 1.54) is 25.7 Å². The monoisotopic (exact) mass is 217 g/mol. The smallest absolute Gasteiger partial charge is 0.0627 e. The molecule has 1 fully saturated rings. The molecular formula is C11H23NOS. The second-order valence-corrected chi connectivity index (χ2v) is 5.95. The van der Waals surface area contributed by atoms with Crippen molar-refractivity contribution in [2.24, 2.45) is 11.7 Å². The van der Waals surface area contributed by atoms with Gasteiger partial charge in [-0.15, -0.1) is 0 Å². The Bertz CT molecular complexity index is 163. The summed E-state index contributed by atoms with van der Waals surface area (Å²) in [6, 6.07) is 0.442. The Morgan fingerprint density at radius 3 is 2.64 bits per heavy atom. The van der Waals surface area contributed by atoms with Crippen LogP contribution in [0.3, 0.4) is 0 Å². The fraction of sp³-hybridized carbons (Fsp3) is 1.00. The molecule has 84 valence electrons. The Hall–Kier alpha value is 0.270. The van der Waals surface area contributed by atoms with Gasteiger partial charge in [0.1, 0.15) is 0 Å². The van der Waals surface area contributed by atoms with Crippen LogP contribution >= 0.6 is 11.8 Å². The number of rotatable bonds is 5. The summed E-state index contributed by atoms with van der Waals surface area (Å²) >= 11 is 1.87. The van der Waals surface area contributed by atoms with Gasteiger partial charge >= 0.3 is 0 Å². The topological polar surface area (TPSA) is 46.2 Å². The van der Waals surface area contributed by atoms with Crippen LogP contribution < -0.4 is 5.73 Å². The Labute approximate surface area is 91.6 Å². The number of hydrogen-bond donors (Lipinski definition) is 2. The van der Waals surface area contributed by atoms with Crippen molar-refractivity contribution < 1.29 is 5.11 Å². The quantitative estimate of drug-likeness (QED) is 0.740. The summed E-state index contributed by atoms with van der Waals surface area (Å²) in [5, 5.41) is 9.67. The Kier molecular flexibility index (Phi) is 5.28. The minimum absolute atomic E-state index is 0.197. The Morgan fingerprint density at radius 1 is 1.43 bits per heavy atom. The summed E-state index contributed by atoms with van der Waals surface area (Å²) in [6.45, 7) is 3.95. The van der Waals surface area contributed by atoms with Crippen molar-refractivity contribution in [2.75, 3.05) is 5.75 Å². The molecule has 0 radical (unpaired) electrons. The van der Waals surface area contributed by atoms with Crippen LogP contribution in [-0.4, -0.2) is 28.3 Å². The van der Waals surface area contributed by atoms with Gasteiger partial charge in [-0.3, -0.25) is 0 Å². The van der Waals surface area contributed by atoms with E-state index in [0.717, 1.165) is 11.7 Å². The van der Waals surface area contributed by atoms with Gasteiger partial charge in [0.15, 0.2) is 0 Å². The van der Waals surface area contributed by atoms with E-state index in [0.29, 0.717) is 11.3 Å². The molecule has 0 aromatic heterocycles. The van der Waals surface area contributed by atoms with Gasteiger partial charge in [-0.1, -0.05) is 13.3 Å². The fourth-order valence-electron chi connectivity index (χ4n) is 1.97. The minimum Gasteiger partial charge on any atom is -0.392 e. The van der Waals surface area contributed by atoms with E-state index in [-0.39, 0.29) is 6.10 Å². The summed E-state index contributed by atoms with van der Waals surface area (Å²) in [4.78, 5) is 0. The van der Waals surface area contributed by atoms with Crippen LogP contribution in [0.15, 0.2) is 0 Å². The molecule has 1 aliphatic rings. The first kappa shape index (κ1) is 12.3. The van der Waals surface area contributed by atoms with Gasteiger partial charge < -0.3 is 10.8 Å². The van der Waals surface area contributed by atoms with Crippen LogP contribution in [-0.2, 0) is 0 Å².